The van der Waals surface area contributed by atoms with Crippen LogP contribution in [0.3, 0.4) is 0 Å². The van der Waals surface area contributed by atoms with Crippen molar-refractivity contribution in [1.82, 2.24) is 10.2 Å². The van der Waals surface area contributed by atoms with E-state index in [-0.39, 0.29) is 25.7 Å². The van der Waals surface area contributed by atoms with Crippen LogP contribution in [-0.2, 0) is 23.9 Å². The van der Waals surface area contributed by atoms with Crippen LogP contribution in [0.25, 0.3) is 16.8 Å². The monoisotopic (exact) mass is 588 g/mol. The summed E-state index contributed by atoms with van der Waals surface area (Å²) in [5, 5.41) is 5.45. The van der Waals surface area contributed by atoms with Crippen molar-refractivity contribution in [3.8, 4) is 11.5 Å². The highest BCUT2D eigenvalue weighted by Crippen LogP contribution is 2.47. The van der Waals surface area contributed by atoms with E-state index in [0.29, 0.717) is 33.2 Å². The average molecular weight is 589 g/mol. The zero-order chi connectivity index (χ0) is 29.8. The lowest BCUT2D eigenvalue weighted by atomic mass is 9.93. The highest BCUT2D eigenvalue weighted by Gasteiger charge is 2.48. The molecule has 42 heavy (non-hydrogen) atoms. The van der Waals surface area contributed by atoms with Crippen LogP contribution < -0.4 is 14.8 Å². The molecular formula is C32H32N2O7S. The van der Waals surface area contributed by atoms with E-state index in [1.165, 1.54) is 18.9 Å². The molecule has 2 aliphatic rings. The lowest BCUT2D eigenvalue weighted by Crippen LogP contribution is -2.50. The van der Waals surface area contributed by atoms with Gasteiger partial charge in [0.25, 0.3) is 5.91 Å². The van der Waals surface area contributed by atoms with Crippen LogP contribution >= 0.6 is 11.8 Å². The molecule has 0 saturated carbocycles. The number of carbonyl (C=O) groups is 3. The number of thioether (sulfide) groups is 1. The van der Waals surface area contributed by atoms with Crippen LogP contribution in [-0.4, -0.2) is 55.2 Å². The Balaban J connectivity index is 1.54. The first kappa shape index (κ1) is 29.1. The quantitative estimate of drug-likeness (QED) is 0.268. The predicted octanol–water partition coefficient (Wildman–Crippen LogP) is 5.17. The summed E-state index contributed by atoms with van der Waals surface area (Å²) in [4.78, 5) is 41.4. The van der Waals surface area contributed by atoms with Crippen LogP contribution in [0, 0.1) is 0 Å². The van der Waals surface area contributed by atoms with Crippen molar-refractivity contribution in [2.24, 2.45) is 0 Å². The molecule has 0 unspecified atom stereocenters. The van der Waals surface area contributed by atoms with E-state index in [0.717, 1.165) is 16.3 Å². The van der Waals surface area contributed by atoms with Crippen LogP contribution in [0.15, 0.2) is 76.8 Å². The average Bonchev–Trinajstić information content (AvgIpc) is 3.29. The standard InChI is InChI=1S/C32H32N2O7S/c1-5-39-27(35)18-41-24-15-14-22(16-25(24)38-4)29-28(31(37)40-6-2)19(3)33-32-34(29)30(36)26(42-32)17-21-12-9-11-20-10-7-8-13-23(20)21/h7-17,29,32-33H,5-6,18H2,1-4H3/b26-17+/t29-,32+/m1/s1. The fraction of sp³-hybridized carbons (Fsp3) is 0.281. The zero-order valence-electron chi connectivity index (χ0n) is 23.8. The summed E-state index contributed by atoms with van der Waals surface area (Å²) in [6, 6.07) is 18.4. The lowest BCUT2D eigenvalue weighted by molar-refractivity contribution is -0.145. The second-order valence-corrected chi connectivity index (χ2v) is 10.7. The number of allylic oxidation sites excluding steroid dienone is 1. The summed E-state index contributed by atoms with van der Waals surface area (Å²) in [7, 11) is 1.48. The summed E-state index contributed by atoms with van der Waals surface area (Å²) in [6.07, 6.45) is 1.90. The zero-order valence-corrected chi connectivity index (χ0v) is 24.7. The molecule has 3 aromatic rings. The molecule has 0 aromatic heterocycles. The fourth-order valence-electron chi connectivity index (χ4n) is 5.15. The molecule has 9 nitrogen and oxygen atoms in total. The minimum absolute atomic E-state index is 0.185. The van der Waals surface area contributed by atoms with E-state index in [4.69, 9.17) is 18.9 Å². The van der Waals surface area contributed by atoms with E-state index >= 15 is 0 Å². The molecule has 2 aliphatic heterocycles. The number of rotatable bonds is 9. The molecule has 0 bridgehead atoms. The number of hydrogen-bond acceptors (Lipinski definition) is 9. The van der Waals surface area contributed by atoms with Gasteiger partial charge in [-0.15, -0.1) is 0 Å². The van der Waals surface area contributed by atoms with Crippen molar-refractivity contribution in [3.63, 3.8) is 0 Å². The number of fused-ring (bicyclic) bond motifs is 2. The Morgan fingerprint density at radius 1 is 1.00 bits per heavy atom. The van der Waals surface area contributed by atoms with Gasteiger partial charge < -0.3 is 24.3 Å². The normalized spacial score (nSPS) is 19.0. The van der Waals surface area contributed by atoms with Gasteiger partial charge in [0.15, 0.2) is 23.6 Å². The van der Waals surface area contributed by atoms with E-state index in [1.807, 2.05) is 55.5 Å². The Kier molecular flexibility index (Phi) is 8.72. The lowest BCUT2D eigenvalue weighted by Gasteiger charge is -2.39. The maximum Gasteiger partial charge on any atom is 0.344 e. The number of hydrogen-bond donors (Lipinski definition) is 1. The van der Waals surface area contributed by atoms with Crippen LogP contribution in [0.1, 0.15) is 37.9 Å². The molecular weight excluding hydrogens is 556 g/mol. The van der Waals surface area contributed by atoms with E-state index < -0.39 is 23.5 Å². The Morgan fingerprint density at radius 2 is 1.76 bits per heavy atom. The van der Waals surface area contributed by atoms with Crippen molar-refractivity contribution < 1.29 is 33.3 Å². The van der Waals surface area contributed by atoms with Crippen molar-refractivity contribution in [2.75, 3.05) is 26.9 Å². The van der Waals surface area contributed by atoms with Crippen molar-refractivity contribution in [3.05, 3.63) is 88.0 Å². The van der Waals surface area contributed by atoms with Gasteiger partial charge in [-0.25, -0.2) is 9.59 Å². The van der Waals surface area contributed by atoms with Gasteiger partial charge in [-0.2, -0.15) is 0 Å². The van der Waals surface area contributed by atoms with E-state index in [1.54, 1.807) is 36.9 Å². The third-order valence-corrected chi connectivity index (χ3v) is 8.11. The number of ether oxygens (including phenoxy) is 4. The first-order chi connectivity index (χ1) is 20.4. The molecule has 1 fully saturated rings. The maximum atomic E-state index is 14.1. The van der Waals surface area contributed by atoms with Crippen molar-refractivity contribution >= 4 is 46.5 Å². The Labute approximate surface area is 248 Å². The number of esters is 2. The number of amides is 1. The van der Waals surface area contributed by atoms with Gasteiger partial charge in [-0.05, 0) is 60.9 Å². The van der Waals surface area contributed by atoms with Crippen molar-refractivity contribution in [2.45, 2.75) is 32.3 Å². The largest absolute Gasteiger partial charge is 0.493 e. The van der Waals surface area contributed by atoms with Crippen LogP contribution in [0.5, 0.6) is 11.5 Å². The molecule has 0 radical (unpaired) electrons. The second-order valence-electron chi connectivity index (χ2n) is 9.57. The highest BCUT2D eigenvalue weighted by atomic mass is 32.2. The summed E-state index contributed by atoms with van der Waals surface area (Å²) < 4.78 is 21.6. The maximum absolute atomic E-state index is 14.1. The smallest absolute Gasteiger partial charge is 0.344 e. The SMILES string of the molecule is CCOC(=O)COc1ccc([C@@H]2C(C(=O)OCC)=C(C)N[C@@H]3S/C(=C/c4cccc5ccccc45)C(=O)N32)cc1OC. The first-order valence-electron chi connectivity index (χ1n) is 13.7. The molecule has 0 spiro atoms. The molecule has 5 rings (SSSR count). The summed E-state index contributed by atoms with van der Waals surface area (Å²) in [6.45, 7) is 5.41. The van der Waals surface area contributed by atoms with Gasteiger partial charge in [-0.3, -0.25) is 9.69 Å². The molecule has 2 heterocycles. The fourth-order valence-corrected chi connectivity index (χ4v) is 6.36. The molecule has 2 atom stereocenters. The molecule has 0 aliphatic carbocycles. The molecule has 218 valence electrons. The molecule has 3 aromatic carbocycles. The number of methoxy groups -OCH3 is 1. The first-order valence-corrected chi connectivity index (χ1v) is 14.5. The van der Waals surface area contributed by atoms with Gasteiger partial charge >= 0.3 is 11.9 Å². The summed E-state index contributed by atoms with van der Waals surface area (Å²) >= 11 is 1.40. The molecule has 10 heteroatoms. The summed E-state index contributed by atoms with van der Waals surface area (Å²) in [5.74, 6) is -0.559. The van der Waals surface area contributed by atoms with Crippen LogP contribution in [0.2, 0.25) is 0 Å². The number of benzene rings is 3. The van der Waals surface area contributed by atoms with Gasteiger partial charge in [0.05, 0.1) is 36.8 Å². The second kappa shape index (κ2) is 12.6. The molecule has 1 amide bonds. The third-order valence-electron chi connectivity index (χ3n) is 6.99. The predicted molar refractivity (Wildman–Crippen MR) is 160 cm³/mol. The van der Waals surface area contributed by atoms with Crippen LogP contribution in [0.4, 0.5) is 0 Å². The number of nitrogens with zero attached hydrogens (tertiary/aromatic N) is 1. The Bertz CT molecular complexity index is 1590. The Morgan fingerprint density at radius 3 is 2.52 bits per heavy atom. The minimum Gasteiger partial charge on any atom is -0.493 e. The third kappa shape index (κ3) is 5.67. The highest BCUT2D eigenvalue weighted by molar-refractivity contribution is 8.05. The molecule has 1 saturated heterocycles. The van der Waals surface area contributed by atoms with Gasteiger partial charge in [0, 0.05) is 5.70 Å². The van der Waals surface area contributed by atoms with Gasteiger partial charge in [0.1, 0.15) is 0 Å². The molecule has 1 N–H and O–H groups in total. The van der Waals surface area contributed by atoms with E-state index in [9.17, 15) is 14.4 Å². The number of carbonyl (C=O) groups excluding carboxylic acids is 3. The van der Waals surface area contributed by atoms with Gasteiger partial charge in [-0.1, -0.05) is 60.3 Å². The number of nitrogens with one attached hydrogen (secondary N) is 1. The summed E-state index contributed by atoms with van der Waals surface area (Å²) in [5.41, 5.74) is 2.06. The topological polar surface area (TPSA) is 103 Å². The van der Waals surface area contributed by atoms with Gasteiger partial charge in [0.2, 0.25) is 0 Å². The Hall–Kier alpha value is -4.44. The van der Waals surface area contributed by atoms with E-state index in [2.05, 4.69) is 5.32 Å². The van der Waals surface area contributed by atoms with Crippen molar-refractivity contribution in [1.29, 1.82) is 0 Å². The minimum atomic E-state index is -0.762.